The second-order valence-corrected chi connectivity index (χ2v) is 8.70. The summed E-state index contributed by atoms with van der Waals surface area (Å²) in [6.45, 7) is 6.63. The minimum atomic E-state index is -0.178. The minimum absolute atomic E-state index is 0.178. The van der Waals surface area contributed by atoms with Crippen LogP contribution in [-0.4, -0.2) is 19.1 Å². The molecule has 0 spiro atoms. The van der Waals surface area contributed by atoms with Crippen molar-refractivity contribution in [1.29, 1.82) is 0 Å². The van der Waals surface area contributed by atoms with Crippen LogP contribution in [0.5, 0.6) is 5.75 Å². The van der Waals surface area contributed by atoms with Gasteiger partial charge in [0.05, 0.1) is 6.54 Å². The molecule has 0 atom stereocenters. The summed E-state index contributed by atoms with van der Waals surface area (Å²) in [6, 6.07) is 17.3. The molecule has 0 aliphatic heterocycles. The van der Waals surface area contributed by atoms with Gasteiger partial charge in [0, 0.05) is 0 Å². The zero-order chi connectivity index (χ0) is 21.9. The van der Waals surface area contributed by atoms with E-state index in [-0.39, 0.29) is 5.91 Å². The zero-order valence-corrected chi connectivity index (χ0v) is 18.9. The van der Waals surface area contributed by atoms with Gasteiger partial charge in [-0.25, -0.2) is 0 Å². The summed E-state index contributed by atoms with van der Waals surface area (Å²) in [5.74, 6) is 2.32. The van der Waals surface area contributed by atoms with Crippen LogP contribution >= 0.6 is 0 Å². The highest BCUT2D eigenvalue weighted by Gasteiger charge is 2.22. The highest BCUT2D eigenvalue weighted by atomic mass is 16.5. The fraction of sp³-hybridized carbons (Fsp3) is 0.464. The molecule has 31 heavy (non-hydrogen) atoms. The van der Waals surface area contributed by atoms with Crippen molar-refractivity contribution in [2.45, 2.75) is 64.2 Å². The summed E-state index contributed by atoms with van der Waals surface area (Å²) in [7, 11) is 0. The molecular formula is C28H37NO2. The number of carbonyl (C=O) groups excluding carboxylic acids is 1. The van der Waals surface area contributed by atoms with E-state index in [2.05, 4.69) is 55.2 Å². The van der Waals surface area contributed by atoms with Gasteiger partial charge in [-0.1, -0.05) is 75.6 Å². The van der Waals surface area contributed by atoms with E-state index in [0.29, 0.717) is 13.2 Å². The molecule has 1 saturated carbocycles. The number of nitrogens with one attached hydrogen (secondary N) is 1. The molecule has 3 nitrogen and oxygen atoms in total. The predicted octanol–water partition coefficient (Wildman–Crippen LogP) is 6.89. The van der Waals surface area contributed by atoms with E-state index >= 15 is 0 Å². The minimum Gasteiger partial charge on any atom is -0.492 e. The molecule has 1 N–H and O–H groups in total. The van der Waals surface area contributed by atoms with Gasteiger partial charge in [0.15, 0.2) is 0 Å². The molecule has 166 valence electrons. The fourth-order valence-corrected chi connectivity index (χ4v) is 4.57. The molecule has 0 saturated heterocycles. The first kappa shape index (κ1) is 23.1. The van der Waals surface area contributed by atoms with E-state index in [1.807, 2.05) is 12.1 Å². The van der Waals surface area contributed by atoms with Crippen LogP contribution in [0.3, 0.4) is 0 Å². The van der Waals surface area contributed by atoms with Crippen molar-refractivity contribution in [2.75, 3.05) is 13.2 Å². The van der Waals surface area contributed by atoms with Gasteiger partial charge in [-0.2, -0.15) is 0 Å². The normalized spacial score (nSPS) is 18.4. The Morgan fingerprint density at radius 3 is 2.26 bits per heavy atom. The predicted molar refractivity (Wildman–Crippen MR) is 129 cm³/mol. The molecular weight excluding hydrogens is 382 g/mol. The highest BCUT2D eigenvalue weighted by molar-refractivity contribution is 5.86. The molecule has 0 aromatic heterocycles. The van der Waals surface area contributed by atoms with Gasteiger partial charge in [0.2, 0.25) is 5.91 Å². The Morgan fingerprint density at radius 1 is 1.00 bits per heavy atom. The lowest BCUT2D eigenvalue weighted by Crippen LogP contribution is -2.26. The van der Waals surface area contributed by atoms with Crippen molar-refractivity contribution < 1.29 is 9.53 Å². The van der Waals surface area contributed by atoms with Gasteiger partial charge in [-0.05, 0) is 72.4 Å². The number of unbranched alkanes of at least 4 members (excludes halogenated alkanes) is 2. The first-order chi connectivity index (χ1) is 15.2. The van der Waals surface area contributed by atoms with E-state index in [1.54, 1.807) is 0 Å². The van der Waals surface area contributed by atoms with Gasteiger partial charge >= 0.3 is 0 Å². The van der Waals surface area contributed by atoms with Crippen molar-refractivity contribution >= 4 is 5.91 Å². The molecule has 0 bridgehead atoms. The summed E-state index contributed by atoms with van der Waals surface area (Å²) in [4.78, 5) is 11.1. The monoisotopic (exact) mass is 419 g/mol. The number of hydrogen-bond donors (Lipinski definition) is 1. The average Bonchev–Trinajstić information content (AvgIpc) is 2.83. The highest BCUT2D eigenvalue weighted by Crippen LogP contribution is 2.38. The number of amides is 1. The van der Waals surface area contributed by atoms with Crippen LogP contribution in [0.15, 0.2) is 61.2 Å². The molecule has 1 aliphatic rings. The van der Waals surface area contributed by atoms with Crippen LogP contribution in [0.2, 0.25) is 0 Å². The van der Waals surface area contributed by atoms with E-state index in [0.717, 1.165) is 17.6 Å². The Labute approximate surface area is 187 Å². The van der Waals surface area contributed by atoms with Crippen LogP contribution in [0.1, 0.15) is 69.8 Å². The lowest BCUT2D eigenvalue weighted by molar-refractivity contribution is -0.116. The van der Waals surface area contributed by atoms with E-state index in [1.165, 1.54) is 74.1 Å². The topological polar surface area (TPSA) is 38.3 Å². The van der Waals surface area contributed by atoms with E-state index in [9.17, 15) is 4.79 Å². The molecule has 1 aliphatic carbocycles. The third-order valence-corrected chi connectivity index (χ3v) is 6.49. The van der Waals surface area contributed by atoms with Gasteiger partial charge in [0.25, 0.3) is 0 Å². The molecule has 0 unspecified atom stereocenters. The molecule has 0 radical (unpaired) electrons. The maximum atomic E-state index is 11.1. The van der Waals surface area contributed by atoms with Crippen molar-refractivity contribution in [3.8, 4) is 16.9 Å². The lowest BCUT2D eigenvalue weighted by Gasteiger charge is -2.29. The number of rotatable bonds is 11. The largest absolute Gasteiger partial charge is 0.492 e. The Balaban J connectivity index is 1.46. The molecule has 3 heteroatoms. The Morgan fingerprint density at radius 2 is 1.65 bits per heavy atom. The first-order valence-electron chi connectivity index (χ1n) is 11.9. The molecule has 3 rings (SSSR count). The second kappa shape index (κ2) is 12.3. The van der Waals surface area contributed by atoms with Gasteiger partial charge < -0.3 is 10.1 Å². The van der Waals surface area contributed by atoms with Crippen molar-refractivity contribution in [3.05, 3.63) is 66.7 Å². The van der Waals surface area contributed by atoms with Gasteiger partial charge in [0.1, 0.15) is 12.4 Å². The number of ether oxygens (including phenoxy) is 1. The van der Waals surface area contributed by atoms with E-state index in [4.69, 9.17) is 4.74 Å². The number of benzene rings is 2. The summed E-state index contributed by atoms with van der Waals surface area (Å²) >= 11 is 0. The van der Waals surface area contributed by atoms with Crippen LogP contribution in [0.25, 0.3) is 11.1 Å². The van der Waals surface area contributed by atoms with Crippen LogP contribution < -0.4 is 10.1 Å². The van der Waals surface area contributed by atoms with E-state index < -0.39 is 0 Å². The lowest BCUT2D eigenvalue weighted by atomic mass is 9.77. The fourth-order valence-electron chi connectivity index (χ4n) is 4.57. The molecule has 2 aromatic carbocycles. The SMILES string of the molecule is C=CC(=O)NCCOc1ccc(-c2ccc(C3CCC(CCCCC)CC3)cc2)cc1. The summed E-state index contributed by atoms with van der Waals surface area (Å²) in [6.07, 6.45) is 12.3. The molecule has 1 fully saturated rings. The maximum Gasteiger partial charge on any atom is 0.243 e. The molecule has 0 heterocycles. The van der Waals surface area contributed by atoms with Gasteiger partial charge in [-0.3, -0.25) is 4.79 Å². The summed E-state index contributed by atoms with van der Waals surface area (Å²) in [5.41, 5.74) is 3.93. The third kappa shape index (κ3) is 7.27. The summed E-state index contributed by atoms with van der Waals surface area (Å²) < 4.78 is 5.68. The smallest absolute Gasteiger partial charge is 0.243 e. The standard InChI is InChI=1S/C28H37NO2/c1-3-5-6-7-22-8-10-23(11-9-22)24-12-14-25(15-13-24)26-16-18-27(19-17-26)31-21-20-29-28(30)4-2/h4,12-19,22-23H,2-3,5-11,20-21H2,1H3,(H,29,30). The van der Waals surface area contributed by atoms with Crippen molar-refractivity contribution in [1.82, 2.24) is 5.32 Å². The number of hydrogen-bond acceptors (Lipinski definition) is 2. The second-order valence-electron chi connectivity index (χ2n) is 8.70. The Hall–Kier alpha value is -2.55. The molecule has 1 amide bonds. The van der Waals surface area contributed by atoms with Crippen molar-refractivity contribution in [2.24, 2.45) is 5.92 Å². The van der Waals surface area contributed by atoms with Crippen LogP contribution in [0.4, 0.5) is 0 Å². The summed E-state index contributed by atoms with van der Waals surface area (Å²) in [5, 5.41) is 2.70. The zero-order valence-electron chi connectivity index (χ0n) is 18.9. The molecule has 2 aromatic rings. The Kier molecular flexibility index (Phi) is 9.20. The average molecular weight is 420 g/mol. The van der Waals surface area contributed by atoms with Crippen molar-refractivity contribution in [3.63, 3.8) is 0 Å². The number of carbonyl (C=O) groups is 1. The maximum absolute atomic E-state index is 11.1. The van der Waals surface area contributed by atoms with Crippen LogP contribution in [0, 0.1) is 5.92 Å². The van der Waals surface area contributed by atoms with Crippen LogP contribution in [-0.2, 0) is 4.79 Å². The quantitative estimate of drug-likeness (QED) is 0.318. The Bertz CT molecular complexity index is 802. The third-order valence-electron chi connectivity index (χ3n) is 6.49. The van der Waals surface area contributed by atoms with Gasteiger partial charge in [-0.15, -0.1) is 0 Å². The first-order valence-corrected chi connectivity index (χ1v) is 11.9.